The molecule has 1 aliphatic carbocycles. The molecule has 0 radical (unpaired) electrons. The van der Waals surface area contributed by atoms with Crippen LogP contribution >= 0.6 is 0 Å². The van der Waals surface area contributed by atoms with E-state index in [9.17, 15) is 22.8 Å². The van der Waals surface area contributed by atoms with Gasteiger partial charge < -0.3 is 20.0 Å². The number of H-pyrrole nitrogens is 2. The number of anilines is 2. The zero-order chi connectivity index (χ0) is 28.6. The lowest BCUT2D eigenvalue weighted by molar-refractivity contribution is -0.116. The predicted molar refractivity (Wildman–Crippen MR) is 151 cm³/mol. The number of nitrogens with zero attached hydrogens (tertiary/aromatic N) is 1. The van der Waals surface area contributed by atoms with E-state index in [4.69, 9.17) is 4.74 Å². The first kappa shape index (κ1) is 26.6. The number of ketones is 1. The number of imidazole rings is 1. The number of aromatic amines is 2. The SMILES string of the molecule is CNS(=O)(=O)c1cc(OC)c(N/N=C2\C(=O)C(C(=O)Nc3ccc4[nH]c(=O)[nH]c4c3)=Cc3ccccc32)cc1C. The summed E-state index contributed by atoms with van der Waals surface area (Å²) in [4.78, 5) is 43.6. The Morgan fingerprint density at radius 1 is 1.00 bits per heavy atom. The summed E-state index contributed by atoms with van der Waals surface area (Å²) in [6.07, 6.45) is 1.49. The van der Waals surface area contributed by atoms with Crippen molar-refractivity contribution in [3.8, 4) is 5.75 Å². The molecule has 0 fully saturated rings. The number of Topliss-reactive ketones (excluding diaryl/α,β-unsaturated/α-hetero) is 1. The molecule has 13 heteroatoms. The summed E-state index contributed by atoms with van der Waals surface area (Å²) >= 11 is 0. The summed E-state index contributed by atoms with van der Waals surface area (Å²) in [5.74, 6) is -1.09. The fraction of sp³-hybridized carbons (Fsp3) is 0.111. The van der Waals surface area contributed by atoms with Crippen LogP contribution in [0.2, 0.25) is 0 Å². The van der Waals surface area contributed by atoms with Gasteiger partial charge in [-0.25, -0.2) is 17.9 Å². The lowest BCUT2D eigenvalue weighted by Crippen LogP contribution is -2.30. The molecule has 0 aliphatic heterocycles. The maximum atomic E-state index is 13.5. The number of aryl methyl sites for hydroxylation is 1. The lowest BCUT2D eigenvalue weighted by Gasteiger charge is -2.18. The second-order valence-corrected chi connectivity index (χ2v) is 10.7. The van der Waals surface area contributed by atoms with Gasteiger partial charge in [0.2, 0.25) is 15.8 Å². The van der Waals surface area contributed by atoms with E-state index in [2.05, 4.69) is 30.5 Å². The van der Waals surface area contributed by atoms with E-state index in [1.807, 2.05) is 0 Å². The molecule has 3 aromatic carbocycles. The first-order chi connectivity index (χ1) is 19.1. The van der Waals surface area contributed by atoms with Crippen molar-refractivity contribution < 1.29 is 22.7 Å². The van der Waals surface area contributed by atoms with Gasteiger partial charge in [0.15, 0.2) is 0 Å². The van der Waals surface area contributed by atoms with Crippen molar-refractivity contribution in [2.45, 2.75) is 11.8 Å². The number of carbonyl (C=O) groups is 2. The number of carbonyl (C=O) groups excluding carboxylic acids is 2. The fourth-order valence-electron chi connectivity index (χ4n) is 4.34. The molecule has 1 aliphatic rings. The van der Waals surface area contributed by atoms with Gasteiger partial charge in [0.05, 0.1) is 34.3 Å². The van der Waals surface area contributed by atoms with Crippen LogP contribution in [0.1, 0.15) is 16.7 Å². The Morgan fingerprint density at radius 2 is 1.75 bits per heavy atom. The smallest absolute Gasteiger partial charge is 0.323 e. The average Bonchev–Trinajstić information content (AvgIpc) is 3.31. The number of hydrogen-bond acceptors (Lipinski definition) is 8. The number of hydrazone groups is 1. The second kappa shape index (κ2) is 10.3. The Balaban J connectivity index is 1.48. The lowest BCUT2D eigenvalue weighted by atomic mass is 9.89. The maximum absolute atomic E-state index is 13.5. The number of ether oxygens (including phenoxy) is 1. The molecule has 0 atom stereocenters. The second-order valence-electron chi connectivity index (χ2n) is 8.87. The van der Waals surface area contributed by atoms with Crippen molar-refractivity contribution in [3.63, 3.8) is 0 Å². The fourth-order valence-corrected chi connectivity index (χ4v) is 5.30. The highest BCUT2D eigenvalue weighted by Crippen LogP contribution is 2.31. The molecule has 5 rings (SSSR count). The summed E-state index contributed by atoms with van der Waals surface area (Å²) in [6.45, 7) is 1.62. The number of amides is 1. The minimum Gasteiger partial charge on any atom is -0.494 e. The van der Waals surface area contributed by atoms with Crippen LogP contribution in [-0.2, 0) is 19.6 Å². The van der Waals surface area contributed by atoms with E-state index in [1.54, 1.807) is 49.4 Å². The van der Waals surface area contributed by atoms with Crippen LogP contribution in [0.5, 0.6) is 5.75 Å². The molecule has 204 valence electrons. The average molecular weight is 561 g/mol. The summed E-state index contributed by atoms with van der Waals surface area (Å²) in [7, 11) is -1.04. The third kappa shape index (κ3) is 4.90. The molecular formula is C27H24N6O6S. The quantitative estimate of drug-likeness (QED) is 0.170. The summed E-state index contributed by atoms with van der Waals surface area (Å²) in [5, 5.41) is 7.03. The molecule has 12 nitrogen and oxygen atoms in total. The number of methoxy groups -OCH3 is 1. The molecule has 4 aromatic rings. The Kier molecular flexibility index (Phi) is 6.83. The zero-order valence-electron chi connectivity index (χ0n) is 21.6. The van der Waals surface area contributed by atoms with E-state index in [0.717, 1.165) is 0 Å². The molecule has 0 bridgehead atoms. The molecule has 0 saturated heterocycles. The van der Waals surface area contributed by atoms with Gasteiger partial charge in [0.1, 0.15) is 11.5 Å². The molecule has 1 aromatic heterocycles. The Bertz CT molecular complexity index is 1920. The Morgan fingerprint density at radius 3 is 2.50 bits per heavy atom. The molecular weight excluding hydrogens is 536 g/mol. The van der Waals surface area contributed by atoms with Gasteiger partial charge in [0.25, 0.3) is 5.91 Å². The minimum atomic E-state index is -3.73. The van der Waals surface area contributed by atoms with Crippen LogP contribution in [0.4, 0.5) is 11.4 Å². The first-order valence-electron chi connectivity index (χ1n) is 12.0. The number of hydrogen-bond donors (Lipinski definition) is 5. The van der Waals surface area contributed by atoms with Crippen molar-refractivity contribution in [2.24, 2.45) is 5.10 Å². The largest absolute Gasteiger partial charge is 0.494 e. The number of fused-ring (bicyclic) bond motifs is 2. The van der Waals surface area contributed by atoms with Gasteiger partial charge in [-0.3, -0.25) is 15.0 Å². The third-order valence-corrected chi connectivity index (χ3v) is 7.89. The van der Waals surface area contributed by atoms with Crippen LogP contribution in [0.25, 0.3) is 17.1 Å². The van der Waals surface area contributed by atoms with Gasteiger partial charge in [-0.05, 0) is 55.4 Å². The highest BCUT2D eigenvalue weighted by atomic mass is 32.2. The van der Waals surface area contributed by atoms with Crippen molar-refractivity contribution in [2.75, 3.05) is 24.9 Å². The van der Waals surface area contributed by atoms with Gasteiger partial charge in [0, 0.05) is 17.3 Å². The normalized spacial score (nSPS) is 14.1. The van der Waals surface area contributed by atoms with Crippen molar-refractivity contribution in [3.05, 3.63) is 87.3 Å². The summed E-state index contributed by atoms with van der Waals surface area (Å²) in [6, 6.07) is 14.7. The van der Waals surface area contributed by atoms with Crippen LogP contribution < -0.4 is 25.9 Å². The monoisotopic (exact) mass is 560 g/mol. The molecule has 0 spiro atoms. The number of sulfonamides is 1. The van der Waals surface area contributed by atoms with Crippen molar-refractivity contribution >= 4 is 55.9 Å². The van der Waals surface area contributed by atoms with E-state index in [0.29, 0.717) is 39.1 Å². The highest BCUT2D eigenvalue weighted by Gasteiger charge is 2.30. The Hall–Kier alpha value is -5.01. The number of rotatable bonds is 7. The molecule has 0 unspecified atom stereocenters. The number of aromatic nitrogens is 2. The molecule has 5 N–H and O–H groups in total. The van der Waals surface area contributed by atoms with Crippen LogP contribution in [-0.4, -0.2) is 49.9 Å². The van der Waals surface area contributed by atoms with Crippen LogP contribution in [0.3, 0.4) is 0 Å². The Labute approximate surface area is 228 Å². The van der Waals surface area contributed by atoms with E-state index >= 15 is 0 Å². The minimum absolute atomic E-state index is 0.0136. The van der Waals surface area contributed by atoms with E-state index in [-0.39, 0.29) is 27.6 Å². The van der Waals surface area contributed by atoms with Gasteiger partial charge in [-0.15, -0.1) is 0 Å². The molecule has 40 heavy (non-hydrogen) atoms. The van der Waals surface area contributed by atoms with Gasteiger partial charge in [-0.2, -0.15) is 5.10 Å². The third-order valence-electron chi connectivity index (χ3n) is 6.34. The molecule has 0 saturated carbocycles. The van der Waals surface area contributed by atoms with Crippen LogP contribution in [0, 0.1) is 6.92 Å². The first-order valence-corrected chi connectivity index (χ1v) is 13.4. The van der Waals surface area contributed by atoms with Crippen LogP contribution in [0.15, 0.2) is 75.0 Å². The maximum Gasteiger partial charge on any atom is 0.323 e. The van der Waals surface area contributed by atoms with Gasteiger partial charge >= 0.3 is 5.69 Å². The highest BCUT2D eigenvalue weighted by molar-refractivity contribution is 7.89. The van der Waals surface area contributed by atoms with E-state index in [1.165, 1.54) is 32.4 Å². The summed E-state index contributed by atoms with van der Waals surface area (Å²) in [5.41, 5.74) is 5.60. The molecule has 1 amide bonds. The predicted octanol–water partition coefficient (Wildman–Crippen LogP) is 2.50. The summed E-state index contributed by atoms with van der Waals surface area (Å²) < 4.78 is 32.4. The molecule has 1 heterocycles. The van der Waals surface area contributed by atoms with Crippen molar-refractivity contribution in [1.29, 1.82) is 0 Å². The number of benzene rings is 3. The number of nitrogens with one attached hydrogen (secondary N) is 5. The zero-order valence-corrected chi connectivity index (χ0v) is 22.4. The topological polar surface area (TPSA) is 175 Å². The standard InChI is InChI=1S/C27H24N6O6S/c1-14-10-21(22(39-3)13-23(14)40(37,38)28-2)32-33-24-17-7-5-4-6-15(17)11-18(25(24)34)26(35)29-16-8-9-19-20(12-16)31-27(36)30-19/h4-13,28,32H,1-3H3,(H,29,35)(H2,30,31,36)/b33-24-. The van der Waals surface area contributed by atoms with E-state index < -0.39 is 21.7 Å². The van der Waals surface area contributed by atoms with Gasteiger partial charge in [-0.1, -0.05) is 24.3 Å². The van der Waals surface area contributed by atoms with Crippen molar-refractivity contribution in [1.82, 2.24) is 14.7 Å².